The minimum Gasteiger partial charge on any atom is -0.497 e. The molecule has 3 rings (SSSR count). The molecule has 2 aromatic rings. The van der Waals surface area contributed by atoms with Gasteiger partial charge in [0.25, 0.3) is 0 Å². The predicted octanol–water partition coefficient (Wildman–Crippen LogP) is 3.04. The van der Waals surface area contributed by atoms with Crippen molar-refractivity contribution in [1.82, 2.24) is 0 Å². The zero-order valence-corrected chi connectivity index (χ0v) is 15.8. The summed E-state index contributed by atoms with van der Waals surface area (Å²) in [7, 11) is 1.55. The van der Waals surface area contributed by atoms with Crippen LogP contribution in [0.2, 0.25) is 0 Å². The van der Waals surface area contributed by atoms with Gasteiger partial charge in [-0.2, -0.15) is 0 Å². The zero-order valence-electron chi connectivity index (χ0n) is 15.8. The number of hydrogen-bond donors (Lipinski definition) is 3. The second-order valence-corrected chi connectivity index (χ2v) is 6.68. The Morgan fingerprint density at radius 1 is 1.07 bits per heavy atom. The summed E-state index contributed by atoms with van der Waals surface area (Å²) in [6.45, 7) is 2.79. The second-order valence-electron chi connectivity index (χ2n) is 6.68. The fourth-order valence-electron chi connectivity index (χ4n) is 2.91. The molecule has 0 radical (unpaired) electrons. The van der Waals surface area contributed by atoms with Crippen molar-refractivity contribution in [2.24, 2.45) is 5.92 Å². The van der Waals surface area contributed by atoms with Gasteiger partial charge >= 0.3 is 0 Å². The Kier molecular flexibility index (Phi) is 6.06. The van der Waals surface area contributed by atoms with E-state index in [-0.39, 0.29) is 5.71 Å². The van der Waals surface area contributed by atoms with E-state index in [1.54, 1.807) is 37.4 Å². The highest BCUT2D eigenvalue weighted by atomic mass is 16.5. The number of ether oxygens (including phenoxy) is 2. The smallest absolute Gasteiger partial charge is 0.242 e. The van der Waals surface area contributed by atoms with Gasteiger partial charge in [0.2, 0.25) is 11.8 Å². The number of methoxy groups -OCH3 is 1. The van der Waals surface area contributed by atoms with Crippen LogP contribution in [0.5, 0.6) is 5.75 Å². The lowest BCUT2D eigenvalue weighted by atomic mass is 9.97. The molecule has 1 heterocycles. The fourth-order valence-corrected chi connectivity index (χ4v) is 2.91. The summed E-state index contributed by atoms with van der Waals surface area (Å²) in [5.74, 6) is -1.33. The highest BCUT2D eigenvalue weighted by Gasteiger charge is 2.29. The molecule has 0 spiro atoms. The predicted molar refractivity (Wildman–Crippen MR) is 107 cm³/mol. The van der Waals surface area contributed by atoms with Gasteiger partial charge in [-0.05, 0) is 48.9 Å². The number of benzene rings is 2. The molecule has 28 heavy (non-hydrogen) atoms. The van der Waals surface area contributed by atoms with E-state index >= 15 is 0 Å². The van der Waals surface area contributed by atoms with E-state index < -0.39 is 17.7 Å². The van der Waals surface area contributed by atoms with Crippen LogP contribution >= 0.6 is 0 Å². The molecular weight excluding hydrogens is 358 g/mol. The summed E-state index contributed by atoms with van der Waals surface area (Å²) in [5.41, 5.74) is 2.16. The summed E-state index contributed by atoms with van der Waals surface area (Å²) < 4.78 is 10.3. The quantitative estimate of drug-likeness (QED) is 0.507. The van der Waals surface area contributed by atoms with Crippen molar-refractivity contribution in [1.29, 1.82) is 5.41 Å². The van der Waals surface area contributed by atoms with Crippen LogP contribution in [-0.4, -0.2) is 37.8 Å². The van der Waals surface area contributed by atoms with E-state index in [1.807, 2.05) is 18.2 Å². The zero-order chi connectivity index (χ0) is 20.1. The van der Waals surface area contributed by atoms with Crippen molar-refractivity contribution in [2.45, 2.75) is 12.8 Å². The van der Waals surface area contributed by atoms with E-state index in [4.69, 9.17) is 14.9 Å². The molecule has 0 saturated carbocycles. The van der Waals surface area contributed by atoms with Gasteiger partial charge < -0.3 is 25.5 Å². The van der Waals surface area contributed by atoms with E-state index in [1.165, 1.54) is 6.92 Å². The molecule has 1 aliphatic rings. The molecule has 7 nitrogen and oxygen atoms in total. The summed E-state index contributed by atoms with van der Waals surface area (Å²) in [5, 5.41) is 13.3. The molecule has 0 aliphatic carbocycles. The molecule has 3 N–H and O–H groups in total. The fraction of sp³-hybridized carbons (Fsp3) is 0.286. The van der Waals surface area contributed by atoms with Gasteiger partial charge in [0, 0.05) is 23.0 Å². The maximum Gasteiger partial charge on any atom is 0.242 e. The maximum atomic E-state index is 12.7. The molecule has 146 valence electrons. The van der Waals surface area contributed by atoms with Crippen LogP contribution in [0.15, 0.2) is 48.5 Å². The molecule has 0 aromatic heterocycles. The lowest BCUT2D eigenvalue weighted by Gasteiger charge is -2.26. The normalized spacial score (nSPS) is 14.5. The van der Waals surface area contributed by atoms with E-state index in [0.29, 0.717) is 36.3 Å². The van der Waals surface area contributed by atoms with Gasteiger partial charge in [-0.1, -0.05) is 12.1 Å². The summed E-state index contributed by atoms with van der Waals surface area (Å²) >= 11 is 0. The number of carbonyl (C=O) groups excluding carboxylic acids is 2. The highest BCUT2D eigenvalue weighted by molar-refractivity contribution is 6.24. The Labute approximate surface area is 163 Å². The number of carbonyl (C=O) groups is 2. The first-order valence-electron chi connectivity index (χ1n) is 8.96. The average Bonchev–Trinajstić information content (AvgIpc) is 2.61. The Balaban J connectivity index is 1.69. The Morgan fingerprint density at radius 2 is 1.71 bits per heavy atom. The standard InChI is InChI=1S/C21H23N3O4/c1-13(22)19(20(25)23-16-6-8-18(27-2)9-7-16)21(26)24-17-5-3-4-14(10-17)15-11-28-12-15/h3-10,15,19,22H,11-12H2,1-2H3,(H,23,25)(H,24,26). The lowest BCUT2D eigenvalue weighted by molar-refractivity contribution is -0.126. The summed E-state index contributed by atoms with van der Waals surface area (Å²) in [6.07, 6.45) is 0. The van der Waals surface area contributed by atoms with Gasteiger partial charge in [-0.3, -0.25) is 9.59 Å². The van der Waals surface area contributed by atoms with E-state index in [9.17, 15) is 9.59 Å². The molecule has 1 aliphatic heterocycles. The van der Waals surface area contributed by atoms with Gasteiger partial charge in [0.15, 0.2) is 5.92 Å². The van der Waals surface area contributed by atoms with E-state index in [2.05, 4.69) is 10.6 Å². The van der Waals surface area contributed by atoms with Gasteiger partial charge in [0.05, 0.1) is 20.3 Å². The molecule has 0 bridgehead atoms. The minimum atomic E-state index is -1.22. The number of hydrogen-bond acceptors (Lipinski definition) is 5. The number of amides is 2. The molecule has 2 aromatic carbocycles. The van der Waals surface area contributed by atoms with Crippen LogP contribution in [0, 0.1) is 11.3 Å². The summed E-state index contributed by atoms with van der Waals surface area (Å²) in [4.78, 5) is 25.3. The van der Waals surface area contributed by atoms with Crippen LogP contribution in [-0.2, 0) is 14.3 Å². The van der Waals surface area contributed by atoms with Crippen molar-refractivity contribution >= 4 is 28.9 Å². The van der Waals surface area contributed by atoms with Crippen LogP contribution in [0.4, 0.5) is 11.4 Å². The van der Waals surface area contributed by atoms with Crippen molar-refractivity contribution < 1.29 is 19.1 Å². The minimum absolute atomic E-state index is 0.0351. The average molecular weight is 381 g/mol. The number of nitrogens with one attached hydrogen (secondary N) is 3. The Morgan fingerprint density at radius 3 is 2.25 bits per heavy atom. The highest BCUT2D eigenvalue weighted by Crippen LogP contribution is 2.26. The first kappa shape index (κ1) is 19.6. The van der Waals surface area contributed by atoms with Crippen LogP contribution in [0.1, 0.15) is 18.4 Å². The first-order chi connectivity index (χ1) is 13.5. The molecule has 1 unspecified atom stereocenters. The molecule has 7 heteroatoms. The lowest BCUT2D eigenvalue weighted by Crippen LogP contribution is -2.38. The van der Waals surface area contributed by atoms with Crippen LogP contribution in [0.25, 0.3) is 0 Å². The van der Waals surface area contributed by atoms with Crippen molar-refractivity contribution in [3.63, 3.8) is 0 Å². The van der Waals surface area contributed by atoms with Crippen molar-refractivity contribution in [2.75, 3.05) is 31.0 Å². The molecule has 1 fully saturated rings. The molecule has 1 atom stereocenters. The Hall–Kier alpha value is -3.19. The third-order valence-electron chi connectivity index (χ3n) is 4.58. The Bertz CT molecular complexity index is 875. The van der Waals surface area contributed by atoms with Gasteiger partial charge in [-0.15, -0.1) is 0 Å². The number of anilines is 2. The van der Waals surface area contributed by atoms with Crippen LogP contribution in [0.3, 0.4) is 0 Å². The van der Waals surface area contributed by atoms with Gasteiger partial charge in [-0.25, -0.2) is 0 Å². The maximum absolute atomic E-state index is 12.7. The summed E-state index contributed by atoms with van der Waals surface area (Å²) in [6, 6.07) is 14.2. The van der Waals surface area contributed by atoms with Crippen LogP contribution < -0.4 is 15.4 Å². The molecular formula is C21H23N3O4. The third-order valence-corrected chi connectivity index (χ3v) is 4.58. The monoisotopic (exact) mass is 381 g/mol. The molecule has 1 saturated heterocycles. The van der Waals surface area contributed by atoms with E-state index in [0.717, 1.165) is 5.56 Å². The van der Waals surface area contributed by atoms with Crippen molar-refractivity contribution in [3.05, 3.63) is 54.1 Å². The SMILES string of the molecule is COc1ccc(NC(=O)C(C(C)=N)C(=O)Nc2cccc(C3COC3)c2)cc1. The largest absolute Gasteiger partial charge is 0.497 e. The second kappa shape index (κ2) is 8.67. The van der Waals surface area contributed by atoms with Crippen molar-refractivity contribution in [3.8, 4) is 5.75 Å². The third kappa shape index (κ3) is 4.55. The topological polar surface area (TPSA) is 101 Å². The van der Waals surface area contributed by atoms with Gasteiger partial charge in [0.1, 0.15) is 5.75 Å². The number of rotatable bonds is 7. The first-order valence-corrected chi connectivity index (χ1v) is 8.96. The molecule has 2 amide bonds.